The van der Waals surface area contributed by atoms with Gasteiger partial charge in [0, 0.05) is 23.0 Å². The summed E-state index contributed by atoms with van der Waals surface area (Å²) in [5.41, 5.74) is 0. The van der Waals surface area contributed by atoms with Crippen LogP contribution in [0.1, 0.15) is 11.8 Å². The molecule has 1 atom stereocenters. The van der Waals surface area contributed by atoms with Gasteiger partial charge in [-0.3, -0.25) is 4.79 Å². The predicted molar refractivity (Wildman–Crippen MR) is 112 cm³/mol. The van der Waals surface area contributed by atoms with Gasteiger partial charge in [-0.25, -0.2) is 8.42 Å². The minimum Gasteiger partial charge on any atom is -0.479 e. The summed E-state index contributed by atoms with van der Waals surface area (Å²) in [6, 6.07) is 8.00. The lowest BCUT2D eigenvalue weighted by molar-refractivity contribution is -0.127. The fourth-order valence-electron chi connectivity index (χ4n) is 2.64. The molecular weight excluding hydrogens is 459 g/mol. The van der Waals surface area contributed by atoms with Crippen molar-refractivity contribution in [2.75, 3.05) is 26.3 Å². The van der Waals surface area contributed by atoms with Gasteiger partial charge in [0.15, 0.2) is 6.10 Å². The van der Waals surface area contributed by atoms with E-state index in [-0.39, 0.29) is 16.7 Å². The second-order valence-corrected chi connectivity index (χ2v) is 10.5. The van der Waals surface area contributed by atoms with Crippen molar-refractivity contribution in [2.24, 2.45) is 0 Å². The summed E-state index contributed by atoms with van der Waals surface area (Å²) in [7, 11) is -3.54. The molecule has 0 saturated carbocycles. The number of hydrogen-bond acceptors (Lipinski definition) is 6. The summed E-state index contributed by atoms with van der Waals surface area (Å²) < 4.78 is 37.8. The summed E-state index contributed by atoms with van der Waals surface area (Å²) in [6.07, 6.45) is -0.787. The van der Waals surface area contributed by atoms with Crippen LogP contribution >= 0.6 is 34.5 Å². The lowest BCUT2D eigenvalue weighted by atomic mass is 10.3. The monoisotopic (exact) mass is 478 g/mol. The average molecular weight is 479 g/mol. The van der Waals surface area contributed by atoms with E-state index in [1.807, 2.05) is 0 Å². The number of carbonyl (C=O) groups is 1. The van der Waals surface area contributed by atoms with Crippen molar-refractivity contribution < 1.29 is 22.7 Å². The van der Waals surface area contributed by atoms with Gasteiger partial charge in [0.05, 0.1) is 24.8 Å². The molecule has 29 heavy (non-hydrogen) atoms. The van der Waals surface area contributed by atoms with E-state index in [9.17, 15) is 13.2 Å². The third kappa shape index (κ3) is 5.62. The number of ether oxygens (including phenoxy) is 2. The number of nitrogens with one attached hydrogen (secondary N) is 1. The second-order valence-electron chi connectivity index (χ2n) is 6.29. The lowest BCUT2D eigenvalue weighted by Crippen LogP contribution is -2.40. The van der Waals surface area contributed by atoms with Crippen LogP contribution in [0, 0.1) is 0 Å². The van der Waals surface area contributed by atoms with Gasteiger partial charge < -0.3 is 14.8 Å². The first-order valence-corrected chi connectivity index (χ1v) is 11.8. The zero-order chi connectivity index (χ0) is 21.0. The molecule has 7 nitrogen and oxygen atoms in total. The number of hydrogen-bond donors (Lipinski definition) is 1. The van der Waals surface area contributed by atoms with Crippen LogP contribution in [-0.4, -0.2) is 51.0 Å². The highest BCUT2D eigenvalue weighted by atomic mass is 35.5. The molecular formula is C18H20Cl2N2O5S2. The van der Waals surface area contributed by atoms with Crippen LogP contribution in [0.15, 0.2) is 34.5 Å². The van der Waals surface area contributed by atoms with E-state index in [4.69, 9.17) is 32.7 Å². The standard InChI is InChI=1S/C18H20Cl2N2O5S2/c1-12(27-16-4-2-13(19)10-15(16)20)18(23)21-11-14-3-5-17(28-14)29(24,25)22-6-8-26-9-7-22/h2-5,10,12H,6-9,11H2,1H3,(H,21,23). The Morgan fingerprint density at radius 1 is 1.28 bits per heavy atom. The molecule has 2 heterocycles. The van der Waals surface area contributed by atoms with E-state index in [0.717, 1.165) is 16.2 Å². The summed E-state index contributed by atoms with van der Waals surface area (Å²) in [4.78, 5) is 13.0. The van der Waals surface area contributed by atoms with Crippen LogP contribution in [0.3, 0.4) is 0 Å². The zero-order valence-electron chi connectivity index (χ0n) is 15.6. The summed E-state index contributed by atoms with van der Waals surface area (Å²) in [6.45, 7) is 3.27. The van der Waals surface area contributed by atoms with Gasteiger partial charge >= 0.3 is 0 Å². The van der Waals surface area contributed by atoms with E-state index in [2.05, 4.69) is 5.32 Å². The van der Waals surface area contributed by atoms with Crippen LogP contribution in [-0.2, 0) is 26.1 Å². The molecule has 1 aliphatic rings. The molecule has 1 aromatic carbocycles. The highest BCUT2D eigenvalue weighted by Gasteiger charge is 2.27. The molecule has 1 amide bonds. The Hall–Kier alpha value is -1.36. The normalized spacial score (nSPS) is 16.4. The molecule has 1 N–H and O–H groups in total. The molecule has 2 aromatic rings. The minimum absolute atomic E-state index is 0.199. The second kappa shape index (κ2) is 9.63. The van der Waals surface area contributed by atoms with Gasteiger partial charge in [-0.2, -0.15) is 4.31 Å². The molecule has 1 fully saturated rings. The van der Waals surface area contributed by atoms with Crippen LogP contribution in [0.2, 0.25) is 10.0 Å². The third-order valence-electron chi connectivity index (χ3n) is 4.20. The summed E-state index contributed by atoms with van der Waals surface area (Å²) in [5, 5.41) is 3.53. The predicted octanol–water partition coefficient (Wildman–Crippen LogP) is 3.16. The van der Waals surface area contributed by atoms with Crippen molar-refractivity contribution in [3.8, 4) is 5.75 Å². The van der Waals surface area contributed by atoms with Crippen molar-refractivity contribution in [1.29, 1.82) is 0 Å². The summed E-state index contributed by atoms with van der Waals surface area (Å²) in [5.74, 6) is 0.00994. The molecule has 0 bridgehead atoms. The Bertz CT molecular complexity index is 974. The Labute approximate surface area is 183 Å². The van der Waals surface area contributed by atoms with E-state index >= 15 is 0 Å². The quantitative estimate of drug-likeness (QED) is 0.660. The Morgan fingerprint density at radius 3 is 2.69 bits per heavy atom. The lowest BCUT2D eigenvalue weighted by Gasteiger charge is -2.25. The first kappa shape index (κ1) is 22.3. The molecule has 11 heteroatoms. The number of thiophene rings is 1. The van der Waals surface area contributed by atoms with E-state index in [1.54, 1.807) is 31.2 Å². The molecule has 158 valence electrons. The number of benzene rings is 1. The Kier molecular flexibility index (Phi) is 7.42. The first-order chi connectivity index (χ1) is 13.8. The Morgan fingerprint density at radius 2 is 2.00 bits per heavy atom. The van der Waals surface area contributed by atoms with Crippen molar-refractivity contribution in [3.63, 3.8) is 0 Å². The van der Waals surface area contributed by atoms with Crippen molar-refractivity contribution in [2.45, 2.75) is 23.8 Å². The maximum Gasteiger partial charge on any atom is 0.261 e. The van der Waals surface area contributed by atoms with Crippen LogP contribution in [0.25, 0.3) is 0 Å². The SMILES string of the molecule is CC(Oc1ccc(Cl)cc1Cl)C(=O)NCc1ccc(S(=O)(=O)N2CCOCC2)s1. The highest BCUT2D eigenvalue weighted by Crippen LogP contribution is 2.28. The number of halogens is 2. The maximum atomic E-state index is 12.7. The van der Waals surface area contributed by atoms with E-state index in [0.29, 0.717) is 42.1 Å². The van der Waals surface area contributed by atoms with Crippen LogP contribution < -0.4 is 10.1 Å². The van der Waals surface area contributed by atoms with Gasteiger partial charge in [0.25, 0.3) is 15.9 Å². The minimum atomic E-state index is -3.54. The van der Waals surface area contributed by atoms with Crippen LogP contribution in [0.5, 0.6) is 5.75 Å². The smallest absolute Gasteiger partial charge is 0.261 e. The Balaban J connectivity index is 1.56. The summed E-state index contributed by atoms with van der Waals surface area (Å²) >= 11 is 13.0. The number of rotatable bonds is 7. The largest absolute Gasteiger partial charge is 0.479 e. The van der Waals surface area contributed by atoms with Crippen molar-refractivity contribution in [3.05, 3.63) is 45.3 Å². The molecule has 0 spiro atoms. The van der Waals surface area contributed by atoms with Gasteiger partial charge in [-0.15, -0.1) is 11.3 Å². The molecule has 1 aliphatic heterocycles. The molecule has 1 unspecified atom stereocenters. The average Bonchev–Trinajstić information content (AvgIpc) is 3.19. The number of carbonyl (C=O) groups excluding carboxylic acids is 1. The highest BCUT2D eigenvalue weighted by molar-refractivity contribution is 7.91. The van der Waals surface area contributed by atoms with Gasteiger partial charge in [-0.05, 0) is 37.3 Å². The molecule has 0 radical (unpaired) electrons. The number of amides is 1. The van der Waals surface area contributed by atoms with Gasteiger partial charge in [-0.1, -0.05) is 23.2 Å². The van der Waals surface area contributed by atoms with Crippen molar-refractivity contribution >= 4 is 50.5 Å². The topological polar surface area (TPSA) is 84.9 Å². The molecule has 1 aromatic heterocycles. The zero-order valence-corrected chi connectivity index (χ0v) is 18.7. The fraction of sp³-hybridized carbons (Fsp3) is 0.389. The van der Waals surface area contributed by atoms with Gasteiger partial charge in [0.1, 0.15) is 9.96 Å². The number of nitrogens with zero attached hydrogens (tertiary/aromatic N) is 1. The van der Waals surface area contributed by atoms with Crippen LogP contribution in [0.4, 0.5) is 0 Å². The van der Waals surface area contributed by atoms with Crippen molar-refractivity contribution in [1.82, 2.24) is 9.62 Å². The van der Waals surface area contributed by atoms with E-state index in [1.165, 1.54) is 10.4 Å². The molecule has 0 aliphatic carbocycles. The maximum absolute atomic E-state index is 12.7. The van der Waals surface area contributed by atoms with E-state index < -0.39 is 16.1 Å². The first-order valence-electron chi connectivity index (χ1n) is 8.83. The number of morpholine rings is 1. The van der Waals surface area contributed by atoms with Gasteiger partial charge in [0.2, 0.25) is 0 Å². The molecule has 1 saturated heterocycles. The molecule has 3 rings (SSSR count). The number of sulfonamides is 1. The fourth-order valence-corrected chi connectivity index (χ4v) is 5.95. The third-order valence-corrected chi connectivity index (χ3v) is 8.19.